The van der Waals surface area contributed by atoms with Crippen molar-refractivity contribution in [2.75, 3.05) is 6.61 Å². The van der Waals surface area contributed by atoms with Gasteiger partial charge in [0.25, 0.3) is 0 Å². The molecule has 4 N–H and O–H groups in total. The topological polar surface area (TPSA) is 83.5 Å². The van der Waals surface area contributed by atoms with Crippen LogP contribution in [0.15, 0.2) is 18.2 Å². The van der Waals surface area contributed by atoms with Crippen molar-refractivity contribution in [3.63, 3.8) is 0 Å². The molecule has 0 heterocycles. The maximum Gasteiger partial charge on any atom is 0.338 e. The number of carboxylic acids is 1. The standard InChI is InChI=1S/C9H10FNO3/c10-7-3-5(8(11)4-12)1-2-6(7)9(13)14/h1-3,8,12H,4,11H2,(H,13,14). The first-order valence-electron chi connectivity index (χ1n) is 3.95. The molecule has 0 radical (unpaired) electrons. The van der Waals surface area contributed by atoms with Crippen molar-refractivity contribution < 1.29 is 19.4 Å². The van der Waals surface area contributed by atoms with E-state index in [1.54, 1.807) is 0 Å². The summed E-state index contributed by atoms with van der Waals surface area (Å²) in [5, 5.41) is 17.2. The van der Waals surface area contributed by atoms with Crippen LogP contribution in [-0.4, -0.2) is 22.8 Å². The van der Waals surface area contributed by atoms with Crippen LogP contribution in [0.1, 0.15) is 22.0 Å². The van der Waals surface area contributed by atoms with Crippen molar-refractivity contribution in [2.45, 2.75) is 6.04 Å². The number of rotatable bonds is 3. The van der Waals surface area contributed by atoms with E-state index in [1.165, 1.54) is 6.07 Å². The molecular weight excluding hydrogens is 189 g/mol. The molecular formula is C9H10FNO3. The summed E-state index contributed by atoms with van der Waals surface area (Å²) in [5.74, 6) is -2.18. The van der Waals surface area contributed by atoms with Gasteiger partial charge in [-0.25, -0.2) is 9.18 Å². The number of halogens is 1. The lowest BCUT2D eigenvalue weighted by Crippen LogP contribution is -2.15. The Hall–Kier alpha value is -1.46. The van der Waals surface area contributed by atoms with E-state index in [0.717, 1.165) is 12.1 Å². The fourth-order valence-electron chi connectivity index (χ4n) is 1.04. The monoisotopic (exact) mass is 199 g/mol. The van der Waals surface area contributed by atoms with E-state index in [-0.39, 0.29) is 6.61 Å². The highest BCUT2D eigenvalue weighted by Crippen LogP contribution is 2.15. The maximum absolute atomic E-state index is 13.1. The molecule has 14 heavy (non-hydrogen) atoms. The number of benzene rings is 1. The Kier molecular flexibility index (Phi) is 3.16. The fourth-order valence-corrected chi connectivity index (χ4v) is 1.04. The maximum atomic E-state index is 13.1. The van der Waals surface area contributed by atoms with E-state index < -0.39 is 23.4 Å². The Morgan fingerprint density at radius 1 is 1.57 bits per heavy atom. The summed E-state index contributed by atoms with van der Waals surface area (Å²) < 4.78 is 13.1. The predicted octanol–water partition coefficient (Wildman–Crippen LogP) is 0.516. The van der Waals surface area contributed by atoms with Crippen LogP contribution in [0.2, 0.25) is 0 Å². The highest BCUT2D eigenvalue weighted by atomic mass is 19.1. The van der Waals surface area contributed by atoms with E-state index in [9.17, 15) is 9.18 Å². The summed E-state index contributed by atoms with van der Waals surface area (Å²) >= 11 is 0. The SMILES string of the molecule is NC(CO)c1ccc(C(=O)O)c(F)c1. The number of aliphatic hydroxyl groups is 1. The molecule has 76 valence electrons. The Balaban J connectivity index is 3.06. The normalized spacial score (nSPS) is 12.5. The van der Waals surface area contributed by atoms with E-state index in [2.05, 4.69) is 0 Å². The third-order valence-corrected chi connectivity index (χ3v) is 1.85. The van der Waals surface area contributed by atoms with Gasteiger partial charge in [0.2, 0.25) is 0 Å². The largest absolute Gasteiger partial charge is 0.478 e. The van der Waals surface area contributed by atoms with E-state index >= 15 is 0 Å². The number of hydrogen-bond acceptors (Lipinski definition) is 3. The Morgan fingerprint density at radius 3 is 2.64 bits per heavy atom. The van der Waals surface area contributed by atoms with Crippen molar-refractivity contribution in [1.82, 2.24) is 0 Å². The molecule has 0 amide bonds. The van der Waals surface area contributed by atoms with Gasteiger partial charge in [0.05, 0.1) is 18.2 Å². The zero-order chi connectivity index (χ0) is 10.7. The average Bonchev–Trinajstić information content (AvgIpc) is 2.15. The van der Waals surface area contributed by atoms with Crippen molar-refractivity contribution in [2.24, 2.45) is 5.73 Å². The van der Waals surface area contributed by atoms with Crippen LogP contribution in [0, 0.1) is 5.82 Å². The number of carboxylic acid groups (broad SMARTS) is 1. The van der Waals surface area contributed by atoms with Crippen LogP contribution >= 0.6 is 0 Å². The molecule has 0 fully saturated rings. The Labute approximate surface area is 79.8 Å². The van der Waals surface area contributed by atoms with Gasteiger partial charge in [0.15, 0.2) is 0 Å². The van der Waals surface area contributed by atoms with Crippen LogP contribution in [0.5, 0.6) is 0 Å². The first-order chi connectivity index (χ1) is 6.56. The number of carbonyl (C=O) groups is 1. The second-order valence-corrected chi connectivity index (χ2v) is 2.83. The average molecular weight is 199 g/mol. The van der Waals surface area contributed by atoms with Gasteiger partial charge in [-0.15, -0.1) is 0 Å². The second kappa shape index (κ2) is 4.17. The van der Waals surface area contributed by atoms with Gasteiger partial charge in [0, 0.05) is 0 Å². The van der Waals surface area contributed by atoms with Crippen LogP contribution in [0.25, 0.3) is 0 Å². The fraction of sp³-hybridized carbons (Fsp3) is 0.222. The minimum absolute atomic E-state index is 0.314. The minimum atomic E-state index is -1.33. The lowest BCUT2D eigenvalue weighted by molar-refractivity contribution is 0.0692. The molecule has 0 aliphatic rings. The summed E-state index contributed by atoms with van der Waals surface area (Å²) in [6.07, 6.45) is 0. The van der Waals surface area contributed by atoms with E-state index in [4.69, 9.17) is 15.9 Å². The van der Waals surface area contributed by atoms with Gasteiger partial charge in [-0.3, -0.25) is 0 Å². The predicted molar refractivity (Wildman–Crippen MR) is 47.4 cm³/mol. The van der Waals surface area contributed by atoms with Crippen LogP contribution in [0.4, 0.5) is 4.39 Å². The van der Waals surface area contributed by atoms with Gasteiger partial charge in [-0.1, -0.05) is 6.07 Å². The number of nitrogens with two attached hydrogens (primary N) is 1. The third kappa shape index (κ3) is 2.07. The van der Waals surface area contributed by atoms with Crippen molar-refractivity contribution in [1.29, 1.82) is 0 Å². The van der Waals surface area contributed by atoms with Gasteiger partial charge < -0.3 is 15.9 Å². The smallest absolute Gasteiger partial charge is 0.338 e. The van der Waals surface area contributed by atoms with E-state index in [0.29, 0.717) is 5.56 Å². The van der Waals surface area contributed by atoms with Gasteiger partial charge >= 0.3 is 5.97 Å². The minimum Gasteiger partial charge on any atom is -0.478 e. The van der Waals surface area contributed by atoms with Crippen molar-refractivity contribution >= 4 is 5.97 Å². The molecule has 1 aromatic carbocycles. The summed E-state index contributed by atoms with van der Waals surface area (Å²) in [6, 6.07) is 2.84. The highest BCUT2D eigenvalue weighted by Gasteiger charge is 2.12. The Morgan fingerprint density at radius 2 is 2.21 bits per heavy atom. The molecule has 5 heteroatoms. The molecule has 1 atom stereocenters. The lowest BCUT2D eigenvalue weighted by atomic mass is 10.1. The first kappa shape index (κ1) is 10.6. The molecule has 1 unspecified atom stereocenters. The molecule has 0 saturated carbocycles. The molecule has 0 aromatic heterocycles. The third-order valence-electron chi connectivity index (χ3n) is 1.85. The molecule has 0 aliphatic heterocycles. The second-order valence-electron chi connectivity index (χ2n) is 2.83. The lowest BCUT2D eigenvalue weighted by Gasteiger charge is -2.08. The van der Waals surface area contributed by atoms with Crippen molar-refractivity contribution in [3.8, 4) is 0 Å². The zero-order valence-corrected chi connectivity index (χ0v) is 7.27. The zero-order valence-electron chi connectivity index (χ0n) is 7.27. The summed E-state index contributed by atoms with van der Waals surface area (Å²) in [7, 11) is 0. The van der Waals surface area contributed by atoms with Crippen molar-refractivity contribution in [3.05, 3.63) is 35.1 Å². The molecule has 1 rings (SSSR count). The summed E-state index contributed by atoms with van der Waals surface area (Å²) in [4.78, 5) is 10.5. The summed E-state index contributed by atoms with van der Waals surface area (Å²) in [5.41, 5.74) is 5.39. The number of aromatic carboxylic acids is 1. The molecule has 4 nitrogen and oxygen atoms in total. The molecule has 0 saturated heterocycles. The van der Waals surface area contributed by atoms with Gasteiger partial charge in [0.1, 0.15) is 5.82 Å². The molecule has 0 aliphatic carbocycles. The van der Waals surface area contributed by atoms with Crippen LogP contribution in [-0.2, 0) is 0 Å². The van der Waals surface area contributed by atoms with Crippen LogP contribution < -0.4 is 5.73 Å². The first-order valence-corrected chi connectivity index (χ1v) is 3.95. The van der Waals surface area contributed by atoms with Gasteiger partial charge in [-0.2, -0.15) is 0 Å². The van der Waals surface area contributed by atoms with Crippen LogP contribution in [0.3, 0.4) is 0 Å². The quantitative estimate of drug-likeness (QED) is 0.662. The molecule has 1 aromatic rings. The number of hydrogen-bond donors (Lipinski definition) is 3. The van der Waals surface area contributed by atoms with Gasteiger partial charge in [-0.05, 0) is 17.7 Å². The summed E-state index contributed by atoms with van der Waals surface area (Å²) in [6.45, 7) is -0.314. The molecule has 0 bridgehead atoms. The van der Waals surface area contributed by atoms with E-state index in [1.807, 2.05) is 0 Å². The number of aliphatic hydroxyl groups excluding tert-OH is 1. The highest BCUT2D eigenvalue weighted by molar-refractivity contribution is 5.87. The Bertz CT molecular complexity index is 354. The molecule has 0 spiro atoms.